The number of hydrogen-bond acceptors (Lipinski definition) is 3. The molecule has 1 amide bonds. The van der Waals surface area contributed by atoms with E-state index in [1.165, 1.54) is 19.3 Å². The summed E-state index contributed by atoms with van der Waals surface area (Å²) in [7, 11) is 0. The van der Waals surface area contributed by atoms with Gasteiger partial charge >= 0.3 is 0 Å². The molecule has 120 valence electrons. The molecule has 1 rings (SSSR count). The Kier molecular flexibility index (Phi) is 11.2. The van der Waals surface area contributed by atoms with Gasteiger partial charge in [-0.2, -0.15) is 0 Å². The fraction of sp³-hybridized carbons (Fsp3) is 0.933. The van der Waals surface area contributed by atoms with Crippen molar-refractivity contribution in [3.63, 3.8) is 0 Å². The fourth-order valence-corrected chi connectivity index (χ4v) is 2.77. The smallest absolute Gasteiger partial charge is 0.220 e. The quantitative estimate of drug-likeness (QED) is 0.644. The van der Waals surface area contributed by atoms with Crippen LogP contribution in [0.1, 0.15) is 58.3 Å². The summed E-state index contributed by atoms with van der Waals surface area (Å²) in [5.74, 6) is 0.131. The van der Waals surface area contributed by atoms with Crippen LogP contribution in [0.3, 0.4) is 0 Å². The molecule has 1 aliphatic rings. The number of ether oxygens (including phenoxy) is 1. The molecule has 0 aromatic heterocycles. The van der Waals surface area contributed by atoms with Crippen LogP contribution >= 0.6 is 12.4 Å². The van der Waals surface area contributed by atoms with Gasteiger partial charge in [-0.1, -0.05) is 32.6 Å². The number of unbranched alkanes of at least 4 members (excludes halogenated alkanes) is 1. The zero-order valence-electron chi connectivity index (χ0n) is 12.8. The van der Waals surface area contributed by atoms with Crippen molar-refractivity contribution in [2.45, 2.75) is 58.3 Å². The first-order chi connectivity index (χ1) is 9.22. The minimum Gasteiger partial charge on any atom is -0.380 e. The van der Waals surface area contributed by atoms with Crippen LogP contribution in [0.4, 0.5) is 0 Å². The Morgan fingerprint density at radius 2 is 1.95 bits per heavy atom. The molecule has 3 N–H and O–H groups in total. The Morgan fingerprint density at radius 1 is 1.25 bits per heavy atom. The van der Waals surface area contributed by atoms with Gasteiger partial charge in [-0.25, -0.2) is 0 Å². The molecular formula is C15H31ClN2O2. The molecule has 0 aliphatic heterocycles. The zero-order chi connectivity index (χ0) is 14.0. The van der Waals surface area contributed by atoms with Crippen LogP contribution < -0.4 is 11.1 Å². The number of halogens is 1. The van der Waals surface area contributed by atoms with Gasteiger partial charge < -0.3 is 15.8 Å². The Labute approximate surface area is 129 Å². The van der Waals surface area contributed by atoms with Crippen LogP contribution in [0.15, 0.2) is 0 Å². The number of hydrogen-bond donors (Lipinski definition) is 2. The summed E-state index contributed by atoms with van der Waals surface area (Å²) >= 11 is 0. The molecule has 5 heteroatoms. The van der Waals surface area contributed by atoms with E-state index in [9.17, 15) is 4.79 Å². The first kappa shape index (κ1) is 19.7. The summed E-state index contributed by atoms with van der Waals surface area (Å²) in [5.41, 5.74) is 5.95. The molecule has 4 nitrogen and oxygen atoms in total. The van der Waals surface area contributed by atoms with E-state index in [1.54, 1.807) is 0 Å². The SMILES string of the molecule is CCCCOCCNC(=O)CC1(CN)CCCCC1.Cl. The molecule has 0 aromatic carbocycles. The fourth-order valence-electron chi connectivity index (χ4n) is 2.77. The summed E-state index contributed by atoms with van der Waals surface area (Å²) in [4.78, 5) is 11.9. The van der Waals surface area contributed by atoms with Gasteiger partial charge in [0.2, 0.25) is 5.91 Å². The lowest BCUT2D eigenvalue weighted by molar-refractivity contribution is -0.124. The minimum atomic E-state index is 0. The second-order valence-electron chi connectivity index (χ2n) is 5.76. The topological polar surface area (TPSA) is 64.3 Å². The van der Waals surface area contributed by atoms with E-state index in [-0.39, 0.29) is 23.7 Å². The summed E-state index contributed by atoms with van der Waals surface area (Å²) < 4.78 is 5.43. The van der Waals surface area contributed by atoms with Crippen LogP contribution in [0.25, 0.3) is 0 Å². The van der Waals surface area contributed by atoms with Crippen molar-refractivity contribution in [3.8, 4) is 0 Å². The highest BCUT2D eigenvalue weighted by Crippen LogP contribution is 2.38. The highest BCUT2D eigenvalue weighted by molar-refractivity contribution is 5.85. The van der Waals surface area contributed by atoms with Crippen molar-refractivity contribution >= 4 is 18.3 Å². The van der Waals surface area contributed by atoms with Crippen molar-refractivity contribution in [2.75, 3.05) is 26.3 Å². The van der Waals surface area contributed by atoms with Gasteiger partial charge in [-0.3, -0.25) is 4.79 Å². The van der Waals surface area contributed by atoms with E-state index in [0.717, 1.165) is 32.3 Å². The summed E-state index contributed by atoms with van der Waals surface area (Å²) in [5, 5.41) is 2.95. The van der Waals surface area contributed by atoms with Crippen molar-refractivity contribution in [1.29, 1.82) is 0 Å². The summed E-state index contributed by atoms with van der Waals surface area (Å²) in [6.07, 6.45) is 8.73. The molecule has 0 radical (unpaired) electrons. The second-order valence-corrected chi connectivity index (χ2v) is 5.76. The molecule has 1 aliphatic carbocycles. The Bertz CT molecular complexity index is 256. The van der Waals surface area contributed by atoms with Crippen LogP contribution in [-0.2, 0) is 9.53 Å². The molecule has 0 saturated heterocycles. The van der Waals surface area contributed by atoms with E-state index in [2.05, 4.69) is 12.2 Å². The molecule has 1 fully saturated rings. The normalized spacial score (nSPS) is 17.3. The first-order valence-corrected chi connectivity index (χ1v) is 7.77. The van der Waals surface area contributed by atoms with E-state index in [4.69, 9.17) is 10.5 Å². The summed E-state index contributed by atoms with van der Waals surface area (Å²) in [6, 6.07) is 0. The predicted molar refractivity (Wildman–Crippen MR) is 85.2 cm³/mol. The minimum absolute atomic E-state index is 0. The molecule has 1 saturated carbocycles. The molecule has 0 bridgehead atoms. The average Bonchev–Trinajstić information content (AvgIpc) is 2.43. The molecule has 0 unspecified atom stereocenters. The van der Waals surface area contributed by atoms with Gasteiger partial charge in [0, 0.05) is 19.6 Å². The maximum absolute atomic E-state index is 11.9. The van der Waals surface area contributed by atoms with E-state index < -0.39 is 0 Å². The van der Waals surface area contributed by atoms with Gasteiger partial charge in [-0.05, 0) is 31.2 Å². The number of amides is 1. The van der Waals surface area contributed by atoms with E-state index in [0.29, 0.717) is 26.1 Å². The monoisotopic (exact) mass is 306 g/mol. The maximum atomic E-state index is 11.9. The maximum Gasteiger partial charge on any atom is 0.220 e. The third-order valence-corrected chi connectivity index (χ3v) is 4.09. The van der Waals surface area contributed by atoms with E-state index in [1.807, 2.05) is 0 Å². The van der Waals surface area contributed by atoms with Gasteiger partial charge in [0.25, 0.3) is 0 Å². The van der Waals surface area contributed by atoms with Crippen molar-refractivity contribution < 1.29 is 9.53 Å². The molecule has 0 aromatic rings. The van der Waals surface area contributed by atoms with Crippen molar-refractivity contribution in [2.24, 2.45) is 11.1 Å². The van der Waals surface area contributed by atoms with E-state index >= 15 is 0 Å². The van der Waals surface area contributed by atoms with Crippen LogP contribution in [-0.4, -0.2) is 32.2 Å². The summed E-state index contributed by atoms with van der Waals surface area (Å²) in [6.45, 7) is 4.79. The number of nitrogens with two attached hydrogens (primary N) is 1. The zero-order valence-corrected chi connectivity index (χ0v) is 13.6. The molecule has 20 heavy (non-hydrogen) atoms. The third kappa shape index (κ3) is 7.46. The van der Waals surface area contributed by atoms with Crippen molar-refractivity contribution in [1.82, 2.24) is 5.32 Å². The second kappa shape index (κ2) is 11.4. The van der Waals surface area contributed by atoms with Crippen LogP contribution in [0.5, 0.6) is 0 Å². The lowest BCUT2D eigenvalue weighted by atomic mass is 9.72. The lowest BCUT2D eigenvalue weighted by Crippen LogP contribution is -2.39. The number of rotatable bonds is 9. The van der Waals surface area contributed by atoms with Gasteiger partial charge in [0.05, 0.1) is 6.61 Å². The van der Waals surface area contributed by atoms with Crippen LogP contribution in [0, 0.1) is 5.41 Å². The Hall–Kier alpha value is -0.320. The largest absolute Gasteiger partial charge is 0.380 e. The van der Waals surface area contributed by atoms with Crippen molar-refractivity contribution in [3.05, 3.63) is 0 Å². The molecule has 0 heterocycles. The number of carbonyl (C=O) groups excluding carboxylic acids is 1. The average molecular weight is 307 g/mol. The molecule has 0 spiro atoms. The highest BCUT2D eigenvalue weighted by atomic mass is 35.5. The van der Waals surface area contributed by atoms with Gasteiger partial charge in [0.15, 0.2) is 0 Å². The number of carbonyl (C=O) groups is 1. The first-order valence-electron chi connectivity index (χ1n) is 7.77. The predicted octanol–water partition coefficient (Wildman–Crippen LogP) is 2.64. The standard InChI is InChI=1S/C15H30N2O2.ClH/c1-2-3-10-19-11-9-17-14(18)12-15(13-16)7-5-4-6-8-15;/h2-13,16H2,1H3,(H,17,18);1H. The van der Waals surface area contributed by atoms with Gasteiger partial charge in [-0.15, -0.1) is 12.4 Å². The van der Waals surface area contributed by atoms with Gasteiger partial charge in [0.1, 0.15) is 0 Å². The molecule has 0 atom stereocenters. The lowest BCUT2D eigenvalue weighted by Gasteiger charge is -2.35. The third-order valence-electron chi connectivity index (χ3n) is 4.09. The van der Waals surface area contributed by atoms with Crippen LogP contribution in [0.2, 0.25) is 0 Å². The Morgan fingerprint density at radius 3 is 2.55 bits per heavy atom. The molecular weight excluding hydrogens is 276 g/mol. The Balaban J connectivity index is 0.00000361. The number of nitrogens with one attached hydrogen (secondary N) is 1. The highest BCUT2D eigenvalue weighted by Gasteiger charge is 2.32.